The first-order chi connectivity index (χ1) is 10.2. The largest absolute Gasteiger partial charge is 0.369 e. The van der Waals surface area contributed by atoms with Gasteiger partial charge in [0, 0.05) is 13.1 Å². The molecule has 2 heterocycles. The lowest BCUT2D eigenvalue weighted by molar-refractivity contribution is -0.134. The van der Waals surface area contributed by atoms with Gasteiger partial charge in [-0.3, -0.25) is 9.59 Å². The van der Waals surface area contributed by atoms with Crippen molar-refractivity contribution in [3.63, 3.8) is 0 Å². The summed E-state index contributed by atoms with van der Waals surface area (Å²) in [4.78, 5) is 26.0. The molecule has 2 aliphatic rings. The zero-order valence-corrected chi connectivity index (χ0v) is 12.8. The van der Waals surface area contributed by atoms with Crippen molar-refractivity contribution in [3.05, 3.63) is 35.4 Å². The van der Waals surface area contributed by atoms with Crippen LogP contribution in [0.3, 0.4) is 0 Å². The molecule has 0 radical (unpaired) electrons. The normalized spacial score (nSPS) is 25.2. The van der Waals surface area contributed by atoms with Crippen molar-refractivity contribution >= 4 is 23.6 Å². The molecule has 3 rings (SSSR count). The summed E-state index contributed by atoms with van der Waals surface area (Å²) in [6, 6.07) is 8.19. The van der Waals surface area contributed by atoms with E-state index in [2.05, 4.69) is 12.1 Å². The number of amides is 2. The zero-order valence-electron chi connectivity index (χ0n) is 12.0. The quantitative estimate of drug-likeness (QED) is 0.905. The van der Waals surface area contributed by atoms with E-state index in [1.165, 1.54) is 5.56 Å². The maximum atomic E-state index is 12.8. The van der Waals surface area contributed by atoms with Crippen LogP contribution in [-0.2, 0) is 16.0 Å². The lowest BCUT2D eigenvalue weighted by atomic mass is 9.96. The average molecular weight is 304 g/mol. The van der Waals surface area contributed by atoms with Crippen LogP contribution in [0.4, 0.5) is 0 Å². The fourth-order valence-electron chi connectivity index (χ4n) is 3.17. The first kappa shape index (κ1) is 14.4. The zero-order chi connectivity index (χ0) is 14.8. The highest BCUT2D eigenvalue weighted by atomic mass is 32.2. The number of hydrogen-bond acceptors (Lipinski definition) is 3. The number of nitrogens with zero attached hydrogens (tertiary/aromatic N) is 1. The highest BCUT2D eigenvalue weighted by Crippen LogP contribution is 2.38. The van der Waals surface area contributed by atoms with Crippen LogP contribution in [0.1, 0.15) is 29.2 Å². The third-order valence-corrected chi connectivity index (χ3v) is 5.58. The van der Waals surface area contributed by atoms with Crippen molar-refractivity contribution in [2.75, 3.05) is 18.8 Å². The number of likely N-dealkylation sites (tertiary alicyclic amines) is 1. The van der Waals surface area contributed by atoms with E-state index in [1.807, 2.05) is 17.0 Å². The number of aryl methyl sites for hydroxylation is 1. The first-order valence-corrected chi connectivity index (χ1v) is 8.49. The van der Waals surface area contributed by atoms with Crippen molar-refractivity contribution in [3.8, 4) is 0 Å². The molecule has 4 nitrogen and oxygen atoms in total. The van der Waals surface area contributed by atoms with Gasteiger partial charge in [-0.25, -0.2) is 0 Å². The highest BCUT2D eigenvalue weighted by Gasteiger charge is 2.34. The Morgan fingerprint density at radius 2 is 2.10 bits per heavy atom. The third-order valence-electron chi connectivity index (χ3n) is 4.35. The van der Waals surface area contributed by atoms with Crippen LogP contribution in [0.15, 0.2) is 24.3 Å². The molecule has 21 heavy (non-hydrogen) atoms. The second kappa shape index (κ2) is 6.10. The van der Waals surface area contributed by atoms with Crippen molar-refractivity contribution in [1.82, 2.24) is 4.90 Å². The molecule has 2 aliphatic heterocycles. The number of fused-ring (bicyclic) bond motifs is 1. The number of hydrogen-bond donors (Lipinski definition) is 1. The average Bonchev–Trinajstić information content (AvgIpc) is 2.53. The van der Waals surface area contributed by atoms with E-state index in [9.17, 15) is 9.59 Å². The maximum absolute atomic E-state index is 12.8. The Kier molecular flexibility index (Phi) is 4.19. The maximum Gasteiger partial charge on any atom is 0.240 e. The van der Waals surface area contributed by atoms with E-state index in [1.54, 1.807) is 11.8 Å². The van der Waals surface area contributed by atoms with E-state index >= 15 is 0 Å². The smallest absolute Gasteiger partial charge is 0.240 e. The molecular weight excluding hydrogens is 284 g/mol. The minimum absolute atomic E-state index is 0.124. The predicted molar refractivity (Wildman–Crippen MR) is 83.8 cm³/mol. The Morgan fingerprint density at radius 3 is 2.90 bits per heavy atom. The molecule has 1 aromatic rings. The molecule has 1 saturated heterocycles. The van der Waals surface area contributed by atoms with Crippen molar-refractivity contribution in [1.29, 1.82) is 0 Å². The van der Waals surface area contributed by atoms with Crippen LogP contribution in [0, 0.1) is 5.92 Å². The van der Waals surface area contributed by atoms with Crippen LogP contribution in [0.2, 0.25) is 0 Å². The Bertz CT molecular complexity index is 561. The Balaban J connectivity index is 1.78. The summed E-state index contributed by atoms with van der Waals surface area (Å²) in [6.45, 7) is 1.22. The van der Waals surface area contributed by atoms with Gasteiger partial charge in [-0.15, -0.1) is 11.8 Å². The third kappa shape index (κ3) is 2.93. The van der Waals surface area contributed by atoms with Gasteiger partial charge >= 0.3 is 0 Å². The second-order valence-corrected chi connectivity index (χ2v) is 6.94. The molecule has 2 unspecified atom stereocenters. The van der Waals surface area contributed by atoms with Gasteiger partial charge in [-0.05, 0) is 36.1 Å². The van der Waals surface area contributed by atoms with Crippen molar-refractivity contribution in [2.24, 2.45) is 11.7 Å². The van der Waals surface area contributed by atoms with Gasteiger partial charge in [-0.1, -0.05) is 24.3 Å². The molecule has 0 aliphatic carbocycles. The number of piperidine rings is 1. The molecule has 0 spiro atoms. The Labute approximate surface area is 129 Å². The van der Waals surface area contributed by atoms with E-state index in [4.69, 9.17) is 5.73 Å². The summed E-state index contributed by atoms with van der Waals surface area (Å²) in [5, 5.41) is -0.124. The van der Waals surface area contributed by atoms with E-state index in [0.29, 0.717) is 6.54 Å². The minimum Gasteiger partial charge on any atom is -0.369 e. The number of thioether (sulfide) groups is 1. The SMILES string of the molecule is NC(=O)C1CCCN(C(=O)C2SCCc3ccccc32)C1. The van der Waals surface area contributed by atoms with Gasteiger partial charge in [0.15, 0.2) is 0 Å². The Morgan fingerprint density at radius 1 is 1.29 bits per heavy atom. The fourth-order valence-corrected chi connectivity index (χ4v) is 4.45. The van der Waals surface area contributed by atoms with Gasteiger partial charge in [-0.2, -0.15) is 0 Å². The van der Waals surface area contributed by atoms with Gasteiger partial charge in [0.1, 0.15) is 5.25 Å². The molecule has 2 amide bonds. The summed E-state index contributed by atoms with van der Waals surface area (Å²) in [5.74, 6) is 0.634. The van der Waals surface area contributed by atoms with Crippen LogP contribution in [-0.4, -0.2) is 35.6 Å². The highest BCUT2D eigenvalue weighted by molar-refractivity contribution is 8.00. The number of nitrogens with two attached hydrogens (primary N) is 1. The first-order valence-electron chi connectivity index (χ1n) is 7.44. The van der Waals surface area contributed by atoms with Gasteiger partial charge < -0.3 is 10.6 Å². The molecule has 1 fully saturated rings. The summed E-state index contributed by atoms with van der Waals surface area (Å²) < 4.78 is 0. The van der Waals surface area contributed by atoms with Crippen LogP contribution in [0.25, 0.3) is 0 Å². The second-order valence-electron chi connectivity index (χ2n) is 5.73. The summed E-state index contributed by atoms with van der Waals surface area (Å²) in [6.07, 6.45) is 2.68. The number of carbonyl (C=O) groups excluding carboxylic acids is 2. The minimum atomic E-state index is -0.288. The van der Waals surface area contributed by atoms with Gasteiger partial charge in [0.2, 0.25) is 11.8 Å². The molecule has 1 aromatic carbocycles. The van der Waals surface area contributed by atoms with Crippen molar-refractivity contribution < 1.29 is 9.59 Å². The molecule has 0 bridgehead atoms. The summed E-state index contributed by atoms with van der Waals surface area (Å²) >= 11 is 1.71. The lowest BCUT2D eigenvalue weighted by Crippen LogP contribution is -2.45. The number of carbonyl (C=O) groups is 2. The Hall–Kier alpha value is -1.49. The molecule has 5 heteroatoms. The van der Waals surface area contributed by atoms with Crippen LogP contribution < -0.4 is 5.73 Å². The predicted octanol–water partition coefficient (Wildman–Crippen LogP) is 1.74. The van der Waals surface area contributed by atoms with E-state index in [0.717, 1.165) is 37.1 Å². The van der Waals surface area contributed by atoms with E-state index < -0.39 is 0 Å². The molecule has 0 saturated carbocycles. The number of benzene rings is 1. The lowest BCUT2D eigenvalue weighted by Gasteiger charge is -2.35. The molecule has 2 atom stereocenters. The molecular formula is C16H20N2O2S. The summed E-state index contributed by atoms with van der Waals surface area (Å²) in [5.41, 5.74) is 7.82. The summed E-state index contributed by atoms with van der Waals surface area (Å²) in [7, 11) is 0. The van der Waals surface area contributed by atoms with Gasteiger partial charge in [0.05, 0.1) is 5.92 Å². The van der Waals surface area contributed by atoms with Gasteiger partial charge in [0.25, 0.3) is 0 Å². The topological polar surface area (TPSA) is 63.4 Å². The van der Waals surface area contributed by atoms with Crippen molar-refractivity contribution in [2.45, 2.75) is 24.5 Å². The van der Waals surface area contributed by atoms with E-state index in [-0.39, 0.29) is 23.0 Å². The van der Waals surface area contributed by atoms with Crippen LogP contribution >= 0.6 is 11.8 Å². The molecule has 112 valence electrons. The number of primary amides is 1. The fraction of sp³-hybridized carbons (Fsp3) is 0.500. The standard InChI is InChI=1S/C16H20N2O2S/c17-15(19)12-5-3-8-18(10-12)16(20)14-13-6-2-1-4-11(13)7-9-21-14/h1-2,4,6,12,14H,3,5,7-10H2,(H2,17,19). The van der Waals surface area contributed by atoms with Crippen LogP contribution in [0.5, 0.6) is 0 Å². The molecule has 2 N–H and O–H groups in total. The monoisotopic (exact) mass is 304 g/mol. The number of rotatable bonds is 2. The molecule has 0 aromatic heterocycles.